The summed E-state index contributed by atoms with van der Waals surface area (Å²) in [7, 11) is 0. The van der Waals surface area contributed by atoms with Gasteiger partial charge in [0.05, 0.1) is 11.9 Å². The van der Waals surface area contributed by atoms with Gasteiger partial charge in [0.1, 0.15) is 5.82 Å². The number of benzene rings is 2. The van der Waals surface area contributed by atoms with Crippen LogP contribution in [-0.4, -0.2) is 9.78 Å². The molecule has 0 saturated carbocycles. The van der Waals surface area contributed by atoms with E-state index in [0.29, 0.717) is 11.6 Å². The molecule has 0 atom stereocenters. The lowest BCUT2D eigenvalue weighted by molar-refractivity contribution is 0.626. The predicted molar refractivity (Wildman–Crippen MR) is 81.9 cm³/mol. The molecule has 1 heterocycles. The van der Waals surface area contributed by atoms with E-state index >= 15 is 0 Å². The first kappa shape index (κ1) is 13.8. The van der Waals surface area contributed by atoms with Gasteiger partial charge < -0.3 is 5.73 Å². The van der Waals surface area contributed by atoms with Crippen LogP contribution in [0.1, 0.15) is 5.56 Å². The van der Waals surface area contributed by atoms with Crippen molar-refractivity contribution in [3.8, 4) is 16.8 Å². The summed E-state index contributed by atoms with van der Waals surface area (Å²) in [6, 6.07) is 12.1. The van der Waals surface area contributed by atoms with Gasteiger partial charge in [-0.1, -0.05) is 11.6 Å². The first-order valence-electron chi connectivity index (χ1n) is 6.46. The fourth-order valence-electron chi connectivity index (χ4n) is 2.14. The van der Waals surface area contributed by atoms with Crippen LogP contribution in [0.2, 0.25) is 5.02 Å². The second-order valence-electron chi connectivity index (χ2n) is 4.70. The maximum Gasteiger partial charge on any atom is 0.124 e. The summed E-state index contributed by atoms with van der Waals surface area (Å²) in [5, 5.41) is 4.97. The number of nitrogens with two attached hydrogens (primary N) is 1. The fourth-order valence-corrected chi connectivity index (χ4v) is 2.27. The van der Waals surface area contributed by atoms with Crippen molar-refractivity contribution in [2.45, 2.75) is 6.54 Å². The molecule has 0 spiro atoms. The molecule has 0 bridgehead atoms. The van der Waals surface area contributed by atoms with Crippen LogP contribution in [0, 0.1) is 5.82 Å². The van der Waals surface area contributed by atoms with Crippen molar-refractivity contribution >= 4 is 11.6 Å². The van der Waals surface area contributed by atoms with Crippen LogP contribution in [0.3, 0.4) is 0 Å². The summed E-state index contributed by atoms with van der Waals surface area (Å²) in [5.74, 6) is -0.299. The minimum Gasteiger partial charge on any atom is -0.326 e. The molecule has 3 nitrogen and oxygen atoms in total. The largest absolute Gasteiger partial charge is 0.326 e. The Hall–Kier alpha value is -2.17. The summed E-state index contributed by atoms with van der Waals surface area (Å²) in [6.07, 6.45) is 3.54. The quantitative estimate of drug-likeness (QED) is 0.800. The van der Waals surface area contributed by atoms with Crippen molar-refractivity contribution in [2.75, 3.05) is 0 Å². The smallest absolute Gasteiger partial charge is 0.124 e. The SMILES string of the molecule is NCc1cc(F)cc(-c2cnn(-c3ccc(Cl)cc3)c2)c1. The Morgan fingerprint density at radius 1 is 1.10 bits per heavy atom. The Kier molecular flexibility index (Phi) is 3.73. The molecule has 0 radical (unpaired) electrons. The third-order valence-electron chi connectivity index (χ3n) is 3.20. The van der Waals surface area contributed by atoms with E-state index in [1.54, 1.807) is 23.0 Å². The lowest BCUT2D eigenvalue weighted by Gasteiger charge is -2.03. The van der Waals surface area contributed by atoms with Crippen molar-refractivity contribution in [1.29, 1.82) is 0 Å². The molecule has 3 aromatic rings. The summed E-state index contributed by atoms with van der Waals surface area (Å²) in [5.41, 5.74) is 8.81. The minimum absolute atomic E-state index is 0.299. The highest BCUT2D eigenvalue weighted by Gasteiger charge is 2.06. The van der Waals surface area contributed by atoms with Crippen LogP contribution in [0.5, 0.6) is 0 Å². The zero-order valence-corrected chi connectivity index (χ0v) is 11.9. The van der Waals surface area contributed by atoms with E-state index in [1.165, 1.54) is 12.1 Å². The zero-order valence-electron chi connectivity index (χ0n) is 11.1. The van der Waals surface area contributed by atoms with E-state index in [-0.39, 0.29) is 5.82 Å². The number of aromatic nitrogens is 2. The van der Waals surface area contributed by atoms with Crippen LogP contribution in [0.15, 0.2) is 54.9 Å². The topological polar surface area (TPSA) is 43.8 Å². The van der Waals surface area contributed by atoms with Crippen molar-refractivity contribution < 1.29 is 4.39 Å². The van der Waals surface area contributed by atoms with E-state index in [1.807, 2.05) is 24.4 Å². The van der Waals surface area contributed by atoms with Crippen LogP contribution in [0.25, 0.3) is 16.8 Å². The van der Waals surface area contributed by atoms with Gasteiger partial charge in [-0.05, 0) is 53.6 Å². The molecule has 0 amide bonds. The van der Waals surface area contributed by atoms with Gasteiger partial charge in [0.25, 0.3) is 0 Å². The van der Waals surface area contributed by atoms with Crippen molar-refractivity contribution in [2.24, 2.45) is 5.73 Å². The van der Waals surface area contributed by atoms with Crippen molar-refractivity contribution in [1.82, 2.24) is 9.78 Å². The average Bonchev–Trinajstić information content (AvgIpc) is 2.97. The van der Waals surface area contributed by atoms with E-state index in [9.17, 15) is 4.39 Å². The predicted octanol–water partition coefficient (Wildman–Crippen LogP) is 3.79. The monoisotopic (exact) mass is 301 g/mol. The third-order valence-corrected chi connectivity index (χ3v) is 3.45. The van der Waals surface area contributed by atoms with Gasteiger partial charge in [0.15, 0.2) is 0 Å². The number of rotatable bonds is 3. The lowest BCUT2D eigenvalue weighted by Crippen LogP contribution is -1.97. The third kappa shape index (κ3) is 2.96. The lowest BCUT2D eigenvalue weighted by atomic mass is 10.1. The van der Waals surface area contributed by atoms with Crippen molar-refractivity contribution in [3.63, 3.8) is 0 Å². The molecule has 5 heteroatoms. The van der Waals surface area contributed by atoms with E-state index in [0.717, 1.165) is 22.4 Å². The molecular formula is C16H13ClFN3. The second kappa shape index (κ2) is 5.68. The fraction of sp³-hybridized carbons (Fsp3) is 0.0625. The average molecular weight is 302 g/mol. The van der Waals surface area contributed by atoms with Crippen LogP contribution in [-0.2, 0) is 6.54 Å². The Balaban J connectivity index is 1.98. The van der Waals surface area contributed by atoms with Crippen molar-refractivity contribution in [3.05, 3.63) is 71.3 Å². The second-order valence-corrected chi connectivity index (χ2v) is 5.14. The van der Waals surface area contributed by atoms with Gasteiger partial charge in [-0.2, -0.15) is 5.10 Å². The molecule has 0 aliphatic rings. The Bertz CT molecular complexity index is 765. The number of hydrogen-bond donors (Lipinski definition) is 1. The van der Waals surface area contributed by atoms with E-state index < -0.39 is 0 Å². The molecule has 0 unspecified atom stereocenters. The van der Waals surface area contributed by atoms with E-state index in [2.05, 4.69) is 5.10 Å². The highest BCUT2D eigenvalue weighted by molar-refractivity contribution is 6.30. The van der Waals surface area contributed by atoms with Gasteiger partial charge in [-0.25, -0.2) is 9.07 Å². The molecule has 2 N–H and O–H groups in total. The molecule has 21 heavy (non-hydrogen) atoms. The van der Waals surface area contributed by atoms with Crippen LogP contribution in [0.4, 0.5) is 4.39 Å². The highest BCUT2D eigenvalue weighted by atomic mass is 35.5. The van der Waals surface area contributed by atoms with Gasteiger partial charge in [0.2, 0.25) is 0 Å². The summed E-state index contributed by atoms with van der Waals surface area (Å²) >= 11 is 5.87. The van der Waals surface area contributed by atoms with Gasteiger partial charge >= 0.3 is 0 Å². The molecule has 2 aromatic carbocycles. The van der Waals surface area contributed by atoms with Crippen LogP contribution >= 0.6 is 11.6 Å². The summed E-state index contributed by atoms with van der Waals surface area (Å²) in [4.78, 5) is 0. The van der Waals surface area contributed by atoms with Gasteiger partial charge in [-0.3, -0.25) is 0 Å². The number of nitrogens with zero attached hydrogens (tertiary/aromatic N) is 2. The Morgan fingerprint density at radius 2 is 1.86 bits per heavy atom. The normalized spacial score (nSPS) is 10.8. The maximum absolute atomic E-state index is 13.6. The Morgan fingerprint density at radius 3 is 2.57 bits per heavy atom. The molecule has 0 fully saturated rings. The first-order chi connectivity index (χ1) is 10.2. The minimum atomic E-state index is -0.299. The molecule has 0 aliphatic heterocycles. The molecule has 0 saturated heterocycles. The Labute approximate surface area is 126 Å². The summed E-state index contributed by atoms with van der Waals surface area (Å²) in [6.45, 7) is 0.302. The highest BCUT2D eigenvalue weighted by Crippen LogP contribution is 2.23. The van der Waals surface area contributed by atoms with Crippen LogP contribution < -0.4 is 5.73 Å². The molecule has 3 rings (SSSR count). The maximum atomic E-state index is 13.6. The molecule has 0 aliphatic carbocycles. The molecular weight excluding hydrogens is 289 g/mol. The molecule has 106 valence electrons. The number of halogens is 2. The number of hydrogen-bond acceptors (Lipinski definition) is 2. The van der Waals surface area contributed by atoms with Gasteiger partial charge in [0, 0.05) is 23.3 Å². The van der Waals surface area contributed by atoms with E-state index in [4.69, 9.17) is 17.3 Å². The van der Waals surface area contributed by atoms with Gasteiger partial charge in [-0.15, -0.1) is 0 Å². The zero-order chi connectivity index (χ0) is 14.8. The first-order valence-corrected chi connectivity index (χ1v) is 6.84. The summed E-state index contributed by atoms with van der Waals surface area (Å²) < 4.78 is 15.3. The standard InChI is InChI=1S/C16H13ClFN3/c17-14-1-3-16(4-2-14)21-10-13(9-20-21)12-5-11(8-19)6-15(18)7-12/h1-7,9-10H,8,19H2. The molecule has 1 aromatic heterocycles.